The van der Waals surface area contributed by atoms with Crippen LogP contribution in [0.1, 0.15) is 17.3 Å². The number of benzene rings is 1. The maximum atomic E-state index is 12.0. The lowest BCUT2D eigenvalue weighted by Crippen LogP contribution is -2.32. The molecule has 0 fully saturated rings. The first-order valence-corrected chi connectivity index (χ1v) is 7.44. The van der Waals surface area contributed by atoms with E-state index in [1.165, 1.54) is 7.11 Å². The fourth-order valence-electron chi connectivity index (χ4n) is 1.97. The molecule has 2 N–H and O–H groups in total. The molecule has 0 aliphatic rings. The summed E-state index contributed by atoms with van der Waals surface area (Å²) in [6, 6.07) is 10.0. The summed E-state index contributed by atoms with van der Waals surface area (Å²) in [5, 5.41) is 5.19. The van der Waals surface area contributed by atoms with Gasteiger partial charge in [0.15, 0.2) is 0 Å². The van der Waals surface area contributed by atoms with E-state index in [1.807, 2.05) is 6.92 Å². The van der Waals surface area contributed by atoms with Crippen LogP contribution in [0.2, 0.25) is 0 Å². The second-order valence-electron chi connectivity index (χ2n) is 4.75. The molecule has 7 heteroatoms. The van der Waals surface area contributed by atoms with Crippen molar-refractivity contribution >= 4 is 17.5 Å². The van der Waals surface area contributed by atoms with E-state index in [0.717, 1.165) is 0 Å². The fourth-order valence-corrected chi connectivity index (χ4v) is 1.97. The smallest absolute Gasteiger partial charge is 0.251 e. The van der Waals surface area contributed by atoms with Crippen molar-refractivity contribution in [3.63, 3.8) is 0 Å². The van der Waals surface area contributed by atoms with Crippen LogP contribution in [-0.4, -0.2) is 37.1 Å². The molecule has 1 aromatic carbocycles. The van der Waals surface area contributed by atoms with E-state index >= 15 is 0 Å². The Kier molecular flexibility index (Phi) is 6.13. The summed E-state index contributed by atoms with van der Waals surface area (Å²) in [7, 11) is 1.46. The molecule has 2 amide bonds. The summed E-state index contributed by atoms with van der Waals surface area (Å²) in [4.78, 5) is 27.9. The van der Waals surface area contributed by atoms with Crippen molar-refractivity contribution in [2.45, 2.75) is 6.92 Å². The number of carbonyl (C=O) groups excluding carboxylic acids is 2. The molecule has 2 rings (SSSR count). The zero-order valence-electron chi connectivity index (χ0n) is 13.5. The van der Waals surface area contributed by atoms with Gasteiger partial charge in [-0.3, -0.25) is 9.59 Å². The maximum absolute atomic E-state index is 12.0. The molecule has 2 aromatic rings. The van der Waals surface area contributed by atoms with Gasteiger partial charge in [-0.05, 0) is 43.3 Å². The molecule has 0 bridgehead atoms. The van der Waals surface area contributed by atoms with E-state index in [-0.39, 0.29) is 18.4 Å². The Balaban J connectivity index is 1.87. The lowest BCUT2D eigenvalue weighted by atomic mass is 10.2. The number of amides is 2. The number of methoxy groups -OCH3 is 1. The molecule has 1 aromatic heterocycles. The first-order valence-electron chi connectivity index (χ1n) is 7.44. The Morgan fingerprint density at radius 1 is 1.17 bits per heavy atom. The Bertz CT molecular complexity index is 701. The molecule has 1 heterocycles. The third-order valence-electron chi connectivity index (χ3n) is 3.08. The van der Waals surface area contributed by atoms with E-state index in [4.69, 9.17) is 9.47 Å². The number of hydrogen-bond donors (Lipinski definition) is 2. The van der Waals surface area contributed by atoms with Crippen molar-refractivity contribution in [3.8, 4) is 11.6 Å². The summed E-state index contributed by atoms with van der Waals surface area (Å²) >= 11 is 0. The van der Waals surface area contributed by atoms with Crippen LogP contribution in [0.25, 0.3) is 0 Å². The van der Waals surface area contributed by atoms with Crippen LogP contribution in [0.4, 0.5) is 5.69 Å². The van der Waals surface area contributed by atoms with Crippen LogP contribution in [0.5, 0.6) is 11.6 Å². The predicted molar refractivity (Wildman–Crippen MR) is 89.4 cm³/mol. The summed E-state index contributed by atoms with van der Waals surface area (Å²) in [6.07, 6.45) is 1.56. The van der Waals surface area contributed by atoms with Gasteiger partial charge >= 0.3 is 0 Å². The minimum Gasteiger partial charge on any atom is -0.494 e. The van der Waals surface area contributed by atoms with Crippen LogP contribution < -0.4 is 20.1 Å². The third-order valence-corrected chi connectivity index (χ3v) is 3.08. The maximum Gasteiger partial charge on any atom is 0.251 e. The first-order chi connectivity index (χ1) is 11.6. The largest absolute Gasteiger partial charge is 0.494 e. The molecule has 0 aliphatic carbocycles. The van der Waals surface area contributed by atoms with Crippen molar-refractivity contribution in [1.29, 1.82) is 0 Å². The lowest BCUT2D eigenvalue weighted by molar-refractivity contribution is -0.115. The fraction of sp³-hybridized carbons (Fsp3) is 0.235. The van der Waals surface area contributed by atoms with Gasteiger partial charge in [-0.1, -0.05) is 0 Å². The molecular formula is C17H19N3O4. The number of aromatic nitrogens is 1. The highest BCUT2D eigenvalue weighted by Gasteiger charge is 2.11. The predicted octanol–water partition coefficient (Wildman–Crippen LogP) is 1.86. The Morgan fingerprint density at radius 2 is 1.92 bits per heavy atom. The summed E-state index contributed by atoms with van der Waals surface area (Å²) in [6.45, 7) is 2.28. The van der Waals surface area contributed by atoms with Gasteiger partial charge in [0.2, 0.25) is 11.8 Å². The van der Waals surface area contributed by atoms with E-state index in [2.05, 4.69) is 15.6 Å². The van der Waals surface area contributed by atoms with Crippen LogP contribution >= 0.6 is 0 Å². The number of rotatable bonds is 7. The highest BCUT2D eigenvalue weighted by molar-refractivity contribution is 5.99. The van der Waals surface area contributed by atoms with Gasteiger partial charge in [-0.15, -0.1) is 0 Å². The van der Waals surface area contributed by atoms with E-state index < -0.39 is 0 Å². The average molecular weight is 329 g/mol. The molecule has 0 radical (unpaired) electrons. The Hall–Kier alpha value is -3.09. The number of nitrogens with one attached hydrogen (secondary N) is 2. The van der Waals surface area contributed by atoms with Crippen LogP contribution in [-0.2, 0) is 4.79 Å². The Morgan fingerprint density at radius 3 is 2.58 bits per heavy atom. The highest BCUT2D eigenvalue weighted by atomic mass is 16.5. The molecule has 0 aliphatic heterocycles. The first kappa shape index (κ1) is 17.3. The van der Waals surface area contributed by atoms with Crippen molar-refractivity contribution in [2.75, 3.05) is 25.6 Å². The van der Waals surface area contributed by atoms with E-state index in [0.29, 0.717) is 29.5 Å². The number of carbonyl (C=O) groups is 2. The minimum absolute atomic E-state index is 0.163. The lowest BCUT2D eigenvalue weighted by Gasteiger charge is -2.09. The van der Waals surface area contributed by atoms with Crippen molar-refractivity contribution < 1.29 is 19.1 Å². The molecule has 0 atom stereocenters. The molecular weight excluding hydrogens is 310 g/mol. The average Bonchev–Trinajstić information content (AvgIpc) is 2.61. The van der Waals surface area contributed by atoms with Gasteiger partial charge in [0.1, 0.15) is 11.4 Å². The number of nitrogens with zero attached hydrogens (tertiary/aromatic N) is 1. The minimum atomic E-state index is -0.374. The third kappa shape index (κ3) is 4.70. The number of hydrogen-bond acceptors (Lipinski definition) is 5. The molecule has 0 spiro atoms. The van der Waals surface area contributed by atoms with Gasteiger partial charge in [0, 0.05) is 11.8 Å². The molecule has 0 saturated heterocycles. The molecule has 0 saturated carbocycles. The van der Waals surface area contributed by atoms with Crippen LogP contribution in [0, 0.1) is 0 Å². The van der Waals surface area contributed by atoms with Gasteiger partial charge in [-0.2, -0.15) is 0 Å². The summed E-state index contributed by atoms with van der Waals surface area (Å²) in [5.74, 6) is 0.283. The summed E-state index contributed by atoms with van der Waals surface area (Å²) < 4.78 is 10.4. The molecule has 126 valence electrons. The number of ether oxygens (including phenoxy) is 2. The zero-order chi connectivity index (χ0) is 17.4. The molecule has 24 heavy (non-hydrogen) atoms. The summed E-state index contributed by atoms with van der Waals surface area (Å²) in [5.41, 5.74) is 0.894. The van der Waals surface area contributed by atoms with E-state index in [1.54, 1.807) is 42.6 Å². The quantitative estimate of drug-likeness (QED) is 0.809. The van der Waals surface area contributed by atoms with Crippen molar-refractivity contribution in [3.05, 3.63) is 48.2 Å². The monoisotopic (exact) mass is 329 g/mol. The standard InChI is InChI=1S/C17H19N3O4/c1-3-24-13-8-6-12(7-9-13)16(22)19-11-15(21)20-14-5-4-10-18-17(14)23-2/h4-10H,3,11H2,1-2H3,(H,19,22)(H,20,21). The topological polar surface area (TPSA) is 89.5 Å². The van der Waals surface area contributed by atoms with E-state index in [9.17, 15) is 9.59 Å². The second-order valence-corrected chi connectivity index (χ2v) is 4.75. The zero-order valence-corrected chi connectivity index (χ0v) is 13.5. The Labute approximate surface area is 140 Å². The van der Waals surface area contributed by atoms with Gasteiger partial charge in [-0.25, -0.2) is 4.98 Å². The molecule has 0 unspecified atom stereocenters. The van der Waals surface area contributed by atoms with Crippen molar-refractivity contribution in [1.82, 2.24) is 10.3 Å². The second kappa shape index (κ2) is 8.52. The van der Waals surface area contributed by atoms with Crippen LogP contribution in [0.3, 0.4) is 0 Å². The van der Waals surface area contributed by atoms with Gasteiger partial charge < -0.3 is 20.1 Å². The number of anilines is 1. The van der Waals surface area contributed by atoms with Crippen LogP contribution in [0.15, 0.2) is 42.6 Å². The normalized spacial score (nSPS) is 9.92. The SMILES string of the molecule is CCOc1ccc(C(=O)NCC(=O)Nc2cccnc2OC)cc1. The number of pyridine rings is 1. The molecule has 7 nitrogen and oxygen atoms in total. The van der Waals surface area contributed by atoms with Crippen molar-refractivity contribution in [2.24, 2.45) is 0 Å². The van der Waals surface area contributed by atoms with Gasteiger partial charge in [0.05, 0.1) is 20.3 Å². The highest BCUT2D eigenvalue weighted by Crippen LogP contribution is 2.19. The van der Waals surface area contributed by atoms with Gasteiger partial charge in [0.25, 0.3) is 5.91 Å².